The summed E-state index contributed by atoms with van der Waals surface area (Å²) in [6, 6.07) is 1.33. The van der Waals surface area contributed by atoms with Crippen LogP contribution in [-0.4, -0.2) is 22.3 Å². The lowest BCUT2D eigenvalue weighted by Crippen LogP contribution is -2.32. The van der Waals surface area contributed by atoms with Gasteiger partial charge in [-0.15, -0.1) is 0 Å². The molecule has 0 bridgehead atoms. The minimum absolute atomic E-state index is 0.664. The van der Waals surface area contributed by atoms with Gasteiger partial charge in [0.25, 0.3) is 0 Å². The molecule has 1 aliphatic rings. The Balaban J connectivity index is 2.22. The number of nitrogens with zero attached hydrogens (tertiary/aromatic N) is 2. The molecular formula is C9H15N3. The van der Waals surface area contributed by atoms with E-state index in [2.05, 4.69) is 28.9 Å². The standard InChI is InChI=1S/C9H15N3/c1-7-3-4-8(2)12(7)9-5-10-11-6-9/h5-8H,3-4H2,1-2H3,(H,10,11)/t7-,8-/m1/s1. The number of hydrogen-bond acceptors (Lipinski definition) is 2. The van der Waals surface area contributed by atoms with Crippen molar-refractivity contribution >= 4 is 5.69 Å². The van der Waals surface area contributed by atoms with Gasteiger partial charge in [0, 0.05) is 18.3 Å². The predicted molar refractivity (Wildman–Crippen MR) is 49.2 cm³/mol. The predicted octanol–water partition coefficient (Wildman–Crippen LogP) is 1.79. The Kier molecular flexibility index (Phi) is 1.79. The molecule has 0 amide bonds. The summed E-state index contributed by atoms with van der Waals surface area (Å²) < 4.78 is 0. The van der Waals surface area contributed by atoms with Gasteiger partial charge in [-0.25, -0.2) is 0 Å². The van der Waals surface area contributed by atoms with Crippen molar-refractivity contribution < 1.29 is 0 Å². The van der Waals surface area contributed by atoms with Crippen molar-refractivity contribution in [1.29, 1.82) is 0 Å². The summed E-state index contributed by atoms with van der Waals surface area (Å²) in [6.45, 7) is 4.55. The monoisotopic (exact) mass is 165 g/mol. The van der Waals surface area contributed by atoms with Crippen LogP contribution >= 0.6 is 0 Å². The van der Waals surface area contributed by atoms with Gasteiger partial charge in [-0.2, -0.15) is 5.10 Å². The quantitative estimate of drug-likeness (QED) is 0.688. The van der Waals surface area contributed by atoms with E-state index in [0.29, 0.717) is 12.1 Å². The van der Waals surface area contributed by atoms with E-state index in [4.69, 9.17) is 0 Å². The van der Waals surface area contributed by atoms with Crippen molar-refractivity contribution in [1.82, 2.24) is 10.2 Å². The van der Waals surface area contributed by atoms with Crippen LogP contribution in [0.3, 0.4) is 0 Å². The number of anilines is 1. The molecule has 2 heterocycles. The van der Waals surface area contributed by atoms with Gasteiger partial charge in [-0.05, 0) is 26.7 Å². The van der Waals surface area contributed by atoms with Gasteiger partial charge >= 0.3 is 0 Å². The van der Waals surface area contributed by atoms with Crippen LogP contribution in [0.1, 0.15) is 26.7 Å². The molecule has 12 heavy (non-hydrogen) atoms. The highest BCUT2D eigenvalue weighted by Crippen LogP contribution is 2.28. The minimum atomic E-state index is 0.664. The average Bonchev–Trinajstić information content (AvgIpc) is 2.61. The second kappa shape index (κ2) is 2.81. The number of H-pyrrole nitrogens is 1. The summed E-state index contributed by atoms with van der Waals surface area (Å²) in [7, 11) is 0. The van der Waals surface area contributed by atoms with Crippen LogP contribution in [0.5, 0.6) is 0 Å². The highest BCUT2D eigenvalue weighted by molar-refractivity contribution is 5.45. The molecule has 1 aromatic rings. The Labute approximate surface area is 72.8 Å². The number of aromatic amines is 1. The molecule has 1 N–H and O–H groups in total. The lowest BCUT2D eigenvalue weighted by Gasteiger charge is -2.26. The van der Waals surface area contributed by atoms with Crippen LogP contribution in [0.4, 0.5) is 5.69 Å². The van der Waals surface area contributed by atoms with Crippen molar-refractivity contribution in [2.75, 3.05) is 4.90 Å². The molecule has 1 fully saturated rings. The Bertz CT molecular complexity index is 232. The summed E-state index contributed by atoms with van der Waals surface area (Å²) in [5.74, 6) is 0. The first kappa shape index (κ1) is 7.65. The summed E-state index contributed by atoms with van der Waals surface area (Å²) in [5, 5.41) is 6.83. The van der Waals surface area contributed by atoms with Crippen molar-refractivity contribution in [2.45, 2.75) is 38.8 Å². The van der Waals surface area contributed by atoms with Gasteiger partial charge in [-0.1, -0.05) is 0 Å². The van der Waals surface area contributed by atoms with E-state index in [1.54, 1.807) is 0 Å². The van der Waals surface area contributed by atoms with E-state index in [1.807, 2.05) is 12.4 Å². The van der Waals surface area contributed by atoms with E-state index in [0.717, 1.165) is 0 Å². The summed E-state index contributed by atoms with van der Waals surface area (Å²) in [6.07, 6.45) is 6.47. The van der Waals surface area contributed by atoms with Gasteiger partial charge < -0.3 is 4.90 Å². The van der Waals surface area contributed by atoms with E-state index in [1.165, 1.54) is 18.5 Å². The molecule has 1 aliphatic heterocycles. The van der Waals surface area contributed by atoms with Crippen molar-refractivity contribution in [3.63, 3.8) is 0 Å². The molecule has 0 unspecified atom stereocenters. The largest absolute Gasteiger partial charge is 0.364 e. The molecule has 2 rings (SSSR count). The molecule has 0 aliphatic carbocycles. The molecule has 66 valence electrons. The summed E-state index contributed by atoms with van der Waals surface area (Å²) in [5.41, 5.74) is 1.23. The maximum absolute atomic E-state index is 3.97. The topological polar surface area (TPSA) is 31.9 Å². The van der Waals surface area contributed by atoms with Crippen molar-refractivity contribution in [3.05, 3.63) is 12.4 Å². The molecule has 3 heteroatoms. The molecule has 2 atom stereocenters. The smallest absolute Gasteiger partial charge is 0.0754 e. The van der Waals surface area contributed by atoms with E-state index in [-0.39, 0.29) is 0 Å². The van der Waals surface area contributed by atoms with Crippen LogP contribution in [-0.2, 0) is 0 Å². The molecular weight excluding hydrogens is 150 g/mol. The Morgan fingerprint density at radius 1 is 1.42 bits per heavy atom. The second-order valence-electron chi connectivity index (χ2n) is 3.64. The number of hydrogen-bond donors (Lipinski definition) is 1. The number of rotatable bonds is 1. The SMILES string of the molecule is C[C@@H]1CC[C@@H](C)N1c1cn[nH]c1. The highest BCUT2D eigenvalue weighted by Gasteiger charge is 2.27. The zero-order chi connectivity index (χ0) is 8.55. The van der Waals surface area contributed by atoms with Crippen LogP contribution < -0.4 is 4.90 Å². The van der Waals surface area contributed by atoms with Crippen LogP contribution in [0.2, 0.25) is 0 Å². The molecule has 1 saturated heterocycles. The van der Waals surface area contributed by atoms with Crippen LogP contribution in [0.25, 0.3) is 0 Å². The number of aromatic nitrogens is 2. The molecule has 0 radical (unpaired) electrons. The van der Waals surface area contributed by atoms with Gasteiger partial charge in [0.1, 0.15) is 0 Å². The fourth-order valence-corrected chi connectivity index (χ4v) is 2.09. The molecule has 0 aromatic carbocycles. The van der Waals surface area contributed by atoms with Crippen LogP contribution in [0, 0.1) is 0 Å². The lowest BCUT2D eigenvalue weighted by atomic mass is 10.2. The fourth-order valence-electron chi connectivity index (χ4n) is 2.09. The van der Waals surface area contributed by atoms with Crippen molar-refractivity contribution in [3.8, 4) is 0 Å². The van der Waals surface area contributed by atoms with E-state index < -0.39 is 0 Å². The zero-order valence-electron chi connectivity index (χ0n) is 7.62. The summed E-state index contributed by atoms with van der Waals surface area (Å²) >= 11 is 0. The Morgan fingerprint density at radius 3 is 2.58 bits per heavy atom. The number of nitrogens with one attached hydrogen (secondary N) is 1. The first-order valence-electron chi connectivity index (χ1n) is 4.56. The first-order chi connectivity index (χ1) is 5.79. The van der Waals surface area contributed by atoms with E-state index >= 15 is 0 Å². The Hall–Kier alpha value is -0.990. The second-order valence-corrected chi connectivity index (χ2v) is 3.64. The third-order valence-corrected chi connectivity index (χ3v) is 2.73. The van der Waals surface area contributed by atoms with Crippen LogP contribution in [0.15, 0.2) is 12.4 Å². The fraction of sp³-hybridized carbons (Fsp3) is 0.667. The maximum Gasteiger partial charge on any atom is 0.0754 e. The van der Waals surface area contributed by atoms with Gasteiger partial charge in [0.2, 0.25) is 0 Å². The first-order valence-corrected chi connectivity index (χ1v) is 4.56. The van der Waals surface area contributed by atoms with Crippen molar-refractivity contribution in [2.24, 2.45) is 0 Å². The normalized spacial score (nSPS) is 29.7. The summed E-state index contributed by atoms with van der Waals surface area (Å²) in [4.78, 5) is 2.43. The minimum Gasteiger partial charge on any atom is -0.364 e. The molecule has 3 nitrogen and oxygen atoms in total. The lowest BCUT2D eigenvalue weighted by molar-refractivity contribution is 0.694. The third kappa shape index (κ3) is 1.09. The van der Waals surface area contributed by atoms with Gasteiger partial charge in [0.05, 0.1) is 11.9 Å². The maximum atomic E-state index is 3.97. The zero-order valence-corrected chi connectivity index (χ0v) is 7.62. The van der Waals surface area contributed by atoms with E-state index in [9.17, 15) is 0 Å². The third-order valence-electron chi connectivity index (χ3n) is 2.73. The molecule has 1 aromatic heterocycles. The van der Waals surface area contributed by atoms with Gasteiger partial charge in [-0.3, -0.25) is 5.10 Å². The molecule has 0 saturated carbocycles. The van der Waals surface area contributed by atoms with Gasteiger partial charge in [0.15, 0.2) is 0 Å². The Morgan fingerprint density at radius 2 is 2.08 bits per heavy atom. The molecule has 0 spiro atoms. The average molecular weight is 165 g/mol. The highest BCUT2D eigenvalue weighted by atomic mass is 15.2.